The topological polar surface area (TPSA) is 73.4 Å². The number of nitrogens with one attached hydrogen (secondary N) is 2. The Balaban J connectivity index is 1.80. The molecule has 0 spiro atoms. The lowest BCUT2D eigenvalue weighted by Gasteiger charge is -2.44. The third-order valence-corrected chi connectivity index (χ3v) is 6.21. The van der Waals surface area contributed by atoms with Crippen LogP contribution in [0.15, 0.2) is 61.4 Å². The quantitative estimate of drug-likeness (QED) is 0.577. The molecule has 0 radical (unpaired) electrons. The normalized spacial score (nSPS) is 15.5. The standard InChI is InChI=1S/C25H30N6O/c1-5-23(32)29-22-15-19-21(26-17-27-24(19)28-18-9-7-6-8-10-18)16-20(22)25(2,3)31-13-11-30(4)12-14-31/h5-10,15-17H,1,11-14H2,2-4H3,(H,29,32)(H,26,27,28). The van der Waals surface area contributed by atoms with E-state index in [2.05, 4.69) is 63.9 Å². The van der Waals surface area contributed by atoms with Gasteiger partial charge in [0.2, 0.25) is 5.91 Å². The predicted molar refractivity (Wildman–Crippen MR) is 130 cm³/mol. The highest BCUT2D eigenvalue weighted by molar-refractivity contribution is 6.02. The molecule has 0 bridgehead atoms. The average molecular weight is 431 g/mol. The second-order valence-electron chi connectivity index (χ2n) is 8.67. The zero-order valence-corrected chi connectivity index (χ0v) is 18.9. The van der Waals surface area contributed by atoms with Crippen molar-refractivity contribution in [2.75, 3.05) is 43.9 Å². The Morgan fingerprint density at radius 3 is 2.50 bits per heavy atom. The van der Waals surface area contributed by atoms with Crippen LogP contribution >= 0.6 is 0 Å². The summed E-state index contributed by atoms with van der Waals surface area (Å²) in [6.45, 7) is 12.0. The van der Waals surface area contributed by atoms with E-state index in [1.54, 1.807) is 6.33 Å². The van der Waals surface area contributed by atoms with Crippen LogP contribution in [0.4, 0.5) is 17.2 Å². The summed E-state index contributed by atoms with van der Waals surface area (Å²) in [5.41, 5.74) is 3.24. The molecular weight excluding hydrogens is 400 g/mol. The van der Waals surface area contributed by atoms with Gasteiger partial charge in [-0.1, -0.05) is 24.8 Å². The first-order valence-electron chi connectivity index (χ1n) is 10.9. The van der Waals surface area contributed by atoms with Crippen molar-refractivity contribution in [2.24, 2.45) is 0 Å². The second kappa shape index (κ2) is 9.06. The fourth-order valence-corrected chi connectivity index (χ4v) is 4.19. The monoisotopic (exact) mass is 430 g/mol. The Bertz CT molecular complexity index is 1120. The number of amides is 1. The average Bonchev–Trinajstić information content (AvgIpc) is 2.80. The minimum atomic E-state index is -0.294. The van der Waals surface area contributed by atoms with E-state index in [-0.39, 0.29) is 11.4 Å². The maximum atomic E-state index is 12.3. The highest BCUT2D eigenvalue weighted by Gasteiger charge is 2.33. The molecule has 0 atom stereocenters. The number of aromatic nitrogens is 2. The number of carbonyl (C=O) groups is 1. The van der Waals surface area contributed by atoms with Crippen molar-refractivity contribution in [3.8, 4) is 0 Å². The van der Waals surface area contributed by atoms with Crippen LogP contribution in [0.1, 0.15) is 19.4 Å². The Morgan fingerprint density at radius 1 is 1.09 bits per heavy atom. The number of anilines is 3. The second-order valence-corrected chi connectivity index (χ2v) is 8.67. The Labute approximate surface area is 189 Å². The molecular formula is C25H30N6O. The molecule has 0 saturated carbocycles. The highest BCUT2D eigenvalue weighted by Crippen LogP contribution is 2.38. The molecule has 2 aromatic carbocycles. The molecule has 7 nitrogen and oxygen atoms in total. The lowest BCUT2D eigenvalue weighted by Crippen LogP contribution is -2.52. The van der Waals surface area contributed by atoms with Gasteiger partial charge in [0.25, 0.3) is 0 Å². The number of fused-ring (bicyclic) bond motifs is 1. The third-order valence-electron chi connectivity index (χ3n) is 6.21. The van der Waals surface area contributed by atoms with Crippen LogP contribution < -0.4 is 10.6 Å². The van der Waals surface area contributed by atoms with Crippen LogP contribution in [0, 0.1) is 0 Å². The maximum absolute atomic E-state index is 12.3. The molecule has 3 aromatic rings. The molecule has 166 valence electrons. The summed E-state index contributed by atoms with van der Waals surface area (Å²) in [5.74, 6) is 0.452. The molecule has 1 aliphatic rings. The number of hydrogen-bond acceptors (Lipinski definition) is 6. The van der Waals surface area contributed by atoms with Gasteiger partial charge < -0.3 is 15.5 Å². The molecule has 1 saturated heterocycles. The lowest BCUT2D eigenvalue weighted by molar-refractivity contribution is -0.111. The van der Waals surface area contributed by atoms with Gasteiger partial charge in [-0.25, -0.2) is 9.97 Å². The van der Waals surface area contributed by atoms with Crippen molar-refractivity contribution in [2.45, 2.75) is 19.4 Å². The molecule has 2 heterocycles. The maximum Gasteiger partial charge on any atom is 0.247 e. The number of rotatable bonds is 6. The molecule has 0 unspecified atom stereocenters. The Morgan fingerprint density at radius 2 is 1.81 bits per heavy atom. The first-order chi connectivity index (χ1) is 15.4. The van der Waals surface area contributed by atoms with E-state index in [1.807, 2.05) is 36.4 Å². The van der Waals surface area contributed by atoms with Gasteiger partial charge in [-0.05, 0) is 56.8 Å². The molecule has 0 aliphatic carbocycles. The minimum absolute atomic E-state index is 0.241. The predicted octanol–water partition coefficient (Wildman–Crippen LogP) is 3.98. The molecule has 4 rings (SSSR count). The highest BCUT2D eigenvalue weighted by atomic mass is 16.1. The SMILES string of the molecule is C=CC(=O)Nc1cc2c(Nc3ccccc3)ncnc2cc1C(C)(C)N1CCN(C)CC1. The van der Waals surface area contributed by atoms with Crippen LogP contribution in [-0.4, -0.2) is 58.9 Å². The minimum Gasteiger partial charge on any atom is -0.340 e. The van der Waals surface area contributed by atoms with Crippen molar-refractivity contribution < 1.29 is 4.79 Å². The summed E-state index contributed by atoms with van der Waals surface area (Å²) in [6.07, 6.45) is 2.86. The molecule has 1 aromatic heterocycles. The van der Waals surface area contributed by atoms with Crippen LogP contribution in [0.3, 0.4) is 0 Å². The van der Waals surface area contributed by atoms with Gasteiger partial charge in [0.15, 0.2) is 0 Å². The zero-order valence-electron chi connectivity index (χ0n) is 18.9. The van der Waals surface area contributed by atoms with Crippen molar-refractivity contribution in [1.29, 1.82) is 0 Å². The van der Waals surface area contributed by atoms with Gasteiger partial charge in [0, 0.05) is 48.5 Å². The van der Waals surface area contributed by atoms with Crippen LogP contribution in [0.25, 0.3) is 10.9 Å². The number of carbonyl (C=O) groups excluding carboxylic acids is 1. The third kappa shape index (κ3) is 4.49. The summed E-state index contributed by atoms with van der Waals surface area (Å²) >= 11 is 0. The van der Waals surface area contributed by atoms with E-state index in [1.165, 1.54) is 6.08 Å². The Kier molecular flexibility index (Phi) is 6.21. The van der Waals surface area contributed by atoms with E-state index < -0.39 is 0 Å². The van der Waals surface area contributed by atoms with E-state index >= 15 is 0 Å². The van der Waals surface area contributed by atoms with Crippen LogP contribution in [-0.2, 0) is 10.3 Å². The summed E-state index contributed by atoms with van der Waals surface area (Å²) in [4.78, 5) is 26.1. The van der Waals surface area contributed by atoms with E-state index in [0.717, 1.165) is 54.0 Å². The largest absolute Gasteiger partial charge is 0.340 e. The number of benzene rings is 2. The van der Waals surface area contributed by atoms with Crippen LogP contribution in [0.5, 0.6) is 0 Å². The van der Waals surface area contributed by atoms with E-state index in [0.29, 0.717) is 5.82 Å². The van der Waals surface area contributed by atoms with Crippen molar-refractivity contribution >= 4 is 34.0 Å². The Hall–Kier alpha value is -3.29. The summed E-state index contributed by atoms with van der Waals surface area (Å²) < 4.78 is 0. The fraction of sp³-hybridized carbons (Fsp3) is 0.320. The number of hydrogen-bond donors (Lipinski definition) is 2. The number of piperazine rings is 1. The van der Waals surface area contributed by atoms with Gasteiger partial charge in [-0.2, -0.15) is 0 Å². The van der Waals surface area contributed by atoms with Gasteiger partial charge >= 0.3 is 0 Å². The molecule has 1 aliphatic heterocycles. The molecule has 2 N–H and O–H groups in total. The smallest absolute Gasteiger partial charge is 0.247 e. The van der Waals surface area contributed by atoms with Crippen molar-refractivity contribution in [1.82, 2.24) is 19.8 Å². The van der Waals surface area contributed by atoms with Gasteiger partial charge in [-0.3, -0.25) is 9.69 Å². The summed E-state index contributed by atoms with van der Waals surface area (Å²) in [7, 11) is 2.15. The molecule has 7 heteroatoms. The number of likely N-dealkylation sites (N-methyl/N-ethyl adjacent to an activating group) is 1. The first-order valence-corrected chi connectivity index (χ1v) is 10.9. The zero-order chi connectivity index (χ0) is 22.7. The fourth-order valence-electron chi connectivity index (χ4n) is 4.19. The molecule has 1 fully saturated rings. The van der Waals surface area contributed by atoms with Gasteiger partial charge in [0.1, 0.15) is 12.1 Å². The van der Waals surface area contributed by atoms with Gasteiger partial charge in [0.05, 0.1) is 5.52 Å². The van der Waals surface area contributed by atoms with Gasteiger partial charge in [-0.15, -0.1) is 0 Å². The van der Waals surface area contributed by atoms with E-state index in [9.17, 15) is 4.79 Å². The first kappa shape index (κ1) is 21.9. The number of para-hydroxylation sites is 1. The summed E-state index contributed by atoms with van der Waals surface area (Å²) in [6, 6.07) is 13.9. The van der Waals surface area contributed by atoms with E-state index in [4.69, 9.17) is 0 Å². The summed E-state index contributed by atoms with van der Waals surface area (Å²) in [5, 5.41) is 7.23. The molecule has 32 heavy (non-hydrogen) atoms. The number of nitrogens with zero attached hydrogens (tertiary/aromatic N) is 4. The van der Waals surface area contributed by atoms with Crippen molar-refractivity contribution in [3.63, 3.8) is 0 Å². The van der Waals surface area contributed by atoms with Crippen molar-refractivity contribution in [3.05, 3.63) is 67.0 Å². The molecule has 1 amide bonds. The van der Waals surface area contributed by atoms with Crippen LogP contribution in [0.2, 0.25) is 0 Å². The lowest BCUT2D eigenvalue weighted by atomic mass is 9.88.